The van der Waals surface area contributed by atoms with Gasteiger partial charge in [0.05, 0.1) is 48.2 Å². The molecule has 2 aromatic rings. The molecule has 57 heavy (non-hydrogen) atoms. The minimum atomic E-state index is -0.636. The first-order valence-electron chi connectivity index (χ1n) is 15.6. The molecule has 0 bridgehead atoms. The van der Waals surface area contributed by atoms with E-state index in [1.165, 1.54) is 52.6 Å². The Morgan fingerprint density at radius 3 is 1.19 bits per heavy atom. The van der Waals surface area contributed by atoms with Crippen LogP contribution in [0.15, 0.2) is 128 Å². The monoisotopic (exact) mass is 914 g/mol. The van der Waals surface area contributed by atoms with Crippen molar-refractivity contribution in [3.05, 3.63) is 130 Å². The zero-order valence-corrected chi connectivity index (χ0v) is 37.7. The number of allylic oxidation sites excluding steroid dienone is 4. The van der Waals surface area contributed by atoms with Gasteiger partial charge in [0.25, 0.3) is 26.0 Å². The van der Waals surface area contributed by atoms with Gasteiger partial charge >= 0.3 is 43.2 Å². The minimum Gasteiger partial charge on any atom is -1.00 e. The topological polar surface area (TPSA) is 210 Å². The summed E-state index contributed by atoms with van der Waals surface area (Å²) in [6.45, 7) is 3.73. The molecule has 0 saturated heterocycles. The number of carbonyl (C=O) groups excluding carboxylic acids is 6. The predicted molar refractivity (Wildman–Crippen MR) is 206 cm³/mol. The fourth-order valence-electron chi connectivity index (χ4n) is 4.44. The molecule has 21 heteroatoms. The SMILES string of the molecule is CCOC(=O)N(C)C1=CC(=NC(=O)c2ccccc2)C(=[O+]C)C=C1N=[N-].CCOC(=O)N(C)C1=CC(=NC(=O)c2ccccc2)C(=[O+]C)C=C1N=[N-].Cl.Cl.[Cl-].[Cl-].[Zn+2]. The third kappa shape index (κ3) is 15.4. The molecule has 0 aromatic heterocycles. The van der Waals surface area contributed by atoms with Crippen LogP contribution in [0.2, 0.25) is 0 Å². The van der Waals surface area contributed by atoms with Crippen LogP contribution in [0.5, 0.6) is 0 Å². The average Bonchev–Trinajstić information content (AvgIpc) is 3.17. The first kappa shape index (κ1) is 56.3. The van der Waals surface area contributed by atoms with Crippen molar-refractivity contribution in [2.45, 2.75) is 13.8 Å². The fourth-order valence-corrected chi connectivity index (χ4v) is 4.44. The van der Waals surface area contributed by atoms with Crippen LogP contribution in [0, 0.1) is 0 Å². The minimum absolute atomic E-state index is 0. The number of hydrogen-bond donors (Lipinski definition) is 0. The van der Waals surface area contributed by atoms with Crippen molar-refractivity contribution in [1.82, 2.24) is 9.80 Å². The van der Waals surface area contributed by atoms with Crippen LogP contribution < -0.4 is 24.8 Å². The van der Waals surface area contributed by atoms with E-state index in [4.69, 9.17) is 18.3 Å². The maximum atomic E-state index is 12.4. The van der Waals surface area contributed by atoms with Gasteiger partial charge in [-0.1, -0.05) is 36.4 Å². The standard InChI is InChI=1S/2C18H18N4O4.4ClH.Zn/c2*1-4-26-18(24)22(2)15-10-14(16(25-3)11-13(15)21-19)20-17(23)12-8-6-5-7-9-12;;;;;/h2*5-11H,4H2,1-3H3;4*1H;/q;;;;;;+2/p-2. The van der Waals surface area contributed by atoms with Crippen molar-refractivity contribution in [3.8, 4) is 0 Å². The van der Waals surface area contributed by atoms with E-state index >= 15 is 0 Å². The molecular formula is C36H38Cl4N8O8Zn. The molecule has 0 spiro atoms. The quantitative estimate of drug-likeness (QED) is 0.161. The molecule has 0 atom stereocenters. The Kier molecular flexibility index (Phi) is 28.0. The predicted octanol–water partition coefficient (Wildman–Crippen LogP) is 0.637. The summed E-state index contributed by atoms with van der Waals surface area (Å²) in [6, 6.07) is 17.1. The Morgan fingerprint density at radius 2 is 0.930 bits per heavy atom. The maximum Gasteiger partial charge on any atom is 2.00 e. The van der Waals surface area contributed by atoms with Crippen molar-refractivity contribution in [2.75, 3.05) is 41.5 Å². The molecule has 0 fully saturated rings. The van der Waals surface area contributed by atoms with Gasteiger partial charge in [0, 0.05) is 25.2 Å². The summed E-state index contributed by atoms with van der Waals surface area (Å²) in [5, 5.41) is 6.33. The van der Waals surface area contributed by atoms with Crippen molar-refractivity contribution in [3.63, 3.8) is 0 Å². The molecule has 0 aliphatic heterocycles. The summed E-state index contributed by atoms with van der Waals surface area (Å²) in [5.41, 5.74) is 20.3. The van der Waals surface area contributed by atoms with Crippen molar-refractivity contribution >= 4 is 71.8 Å². The third-order valence-electron chi connectivity index (χ3n) is 7.06. The van der Waals surface area contributed by atoms with Gasteiger partial charge in [-0.05, 0) is 50.3 Å². The molecular weight excluding hydrogens is 880 g/mol. The van der Waals surface area contributed by atoms with Gasteiger partial charge in [-0.25, -0.2) is 9.59 Å². The molecule has 2 aromatic carbocycles. The Hall–Kier alpha value is -5.06. The van der Waals surface area contributed by atoms with Gasteiger partial charge in [-0.3, -0.25) is 28.2 Å². The summed E-state index contributed by atoms with van der Waals surface area (Å²) < 4.78 is 20.3. The third-order valence-corrected chi connectivity index (χ3v) is 7.06. The van der Waals surface area contributed by atoms with Gasteiger partial charge in [0.2, 0.25) is 0 Å². The second-order valence-corrected chi connectivity index (χ2v) is 10.3. The van der Waals surface area contributed by atoms with Crippen molar-refractivity contribution in [1.29, 1.82) is 0 Å². The van der Waals surface area contributed by atoms with E-state index in [9.17, 15) is 30.2 Å². The van der Waals surface area contributed by atoms with Crippen LogP contribution in [0.25, 0.3) is 11.1 Å². The number of halogens is 4. The largest absolute Gasteiger partial charge is 2.00 e. The molecule has 0 N–H and O–H groups in total. The zero-order chi connectivity index (χ0) is 38.2. The van der Waals surface area contributed by atoms with E-state index in [1.54, 1.807) is 74.5 Å². The van der Waals surface area contributed by atoms with Gasteiger partial charge in [0.1, 0.15) is 0 Å². The molecule has 0 heterocycles. The van der Waals surface area contributed by atoms with Gasteiger partial charge in [-0.15, -0.1) is 24.8 Å². The van der Waals surface area contributed by atoms with Crippen LogP contribution in [0.3, 0.4) is 0 Å². The second-order valence-electron chi connectivity index (χ2n) is 10.3. The molecule has 16 nitrogen and oxygen atoms in total. The maximum absolute atomic E-state index is 12.4. The zero-order valence-electron chi connectivity index (χ0n) is 31.6. The van der Waals surface area contributed by atoms with Crippen molar-refractivity contribution in [2.24, 2.45) is 20.2 Å². The van der Waals surface area contributed by atoms with Crippen LogP contribution in [-0.4, -0.2) is 98.3 Å². The molecule has 0 saturated carbocycles. The van der Waals surface area contributed by atoms with Gasteiger partial charge in [-0.2, -0.15) is 9.98 Å². The number of hydrogen-bond acceptors (Lipinski definition) is 8. The normalized spacial score (nSPS) is 15.3. The average molecular weight is 918 g/mol. The Labute approximate surface area is 367 Å². The molecule has 2 aliphatic rings. The number of likely N-dealkylation sites (N-methyl/N-ethyl adjacent to an activating group) is 2. The number of nitrogens with zero attached hydrogens (tertiary/aromatic N) is 8. The summed E-state index contributed by atoms with van der Waals surface area (Å²) in [4.78, 5) is 59.1. The number of carbonyl (C=O) groups is 4. The summed E-state index contributed by atoms with van der Waals surface area (Å²) in [6.07, 6.45) is 4.33. The number of benzene rings is 2. The number of rotatable bonds is 8. The van der Waals surface area contributed by atoms with Crippen LogP contribution in [0.1, 0.15) is 34.6 Å². The number of ketones is 2. The second kappa shape index (κ2) is 28.4. The summed E-state index contributed by atoms with van der Waals surface area (Å²) in [7, 11) is 5.71. The van der Waals surface area contributed by atoms with E-state index in [-0.39, 0.29) is 128 Å². The first-order chi connectivity index (χ1) is 25.0. The summed E-state index contributed by atoms with van der Waals surface area (Å²) >= 11 is 0. The molecule has 300 valence electrons. The van der Waals surface area contributed by atoms with Crippen LogP contribution in [-0.2, 0) is 37.8 Å². The van der Waals surface area contributed by atoms with Gasteiger partial charge < -0.3 is 55.6 Å². The molecule has 4 amide bonds. The van der Waals surface area contributed by atoms with Crippen molar-refractivity contribution < 1.29 is 81.8 Å². The molecule has 0 unspecified atom stereocenters. The number of aliphatic imine (C=N–C) groups is 2. The van der Waals surface area contributed by atoms with E-state index in [0.717, 1.165) is 9.80 Å². The Bertz CT molecular complexity index is 1850. The molecule has 4 rings (SSSR count). The number of amides is 4. The smallest absolute Gasteiger partial charge is 1.00 e. The molecule has 2 aliphatic carbocycles. The molecule has 0 radical (unpaired) electrons. The first-order valence-corrected chi connectivity index (χ1v) is 15.6. The van der Waals surface area contributed by atoms with Crippen LogP contribution >= 0.6 is 24.8 Å². The Morgan fingerprint density at radius 1 is 0.614 bits per heavy atom. The number of ether oxygens (including phenoxy) is 2. The van der Waals surface area contributed by atoms with Crippen LogP contribution in [0.4, 0.5) is 9.59 Å². The fraction of sp³-hybridized carbons (Fsp3) is 0.222. The van der Waals surface area contributed by atoms with E-state index in [2.05, 4.69) is 20.2 Å². The van der Waals surface area contributed by atoms with Gasteiger partial charge in [0.15, 0.2) is 11.4 Å². The van der Waals surface area contributed by atoms with E-state index in [1.807, 2.05) is 0 Å². The van der Waals surface area contributed by atoms with E-state index in [0.29, 0.717) is 11.1 Å². The van der Waals surface area contributed by atoms with E-state index < -0.39 is 24.0 Å². The summed E-state index contributed by atoms with van der Waals surface area (Å²) in [5.74, 6) is -0.490. The Balaban J connectivity index is -0.000000941.